The molecule has 0 aliphatic carbocycles. The van der Waals surface area contributed by atoms with E-state index in [-0.39, 0.29) is 88.7 Å². The molecule has 5 nitrogen and oxygen atoms in total. The summed E-state index contributed by atoms with van der Waals surface area (Å²) in [5, 5.41) is 0. The molecule has 10 heteroatoms. The quantitative estimate of drug-likeness (QED) is 0.364. The Hall–Kier alpha value is 2.75. The molecule has 0 saturated heterocycles. The van der Waals surface area contributed by atoms with E-state index in [4.69, 9.17) is 22.0 Å². The van der Waals surface area contributed by atoms with Crippen LogP contribution in [0.3, 0.4) is 0 Å². The summed E-state index contributed by atoms with van der Waals surface area (Å²) in [6.45, 7) is 0. The minimum atomic E-state index is -3.63. The molecule has 10 heavy (non-hydrogen) atoms. The molecule has 0 aromatic heterocycles. The fourth-order valence-corrected chi connectivity index (χ4v) is 0. The first-order valence-electron chi connectivity index (χ1n) is 1.08. The number of rotatable bonds is 0. The Kier molecular flexibility index (Phi) is 87.3. The molecule has 0 rings (SSSR count). The summed E-state index contributed by atoms with van der Waals surface area (Å²) in [6.07, 6.45) is 0. The predicted molar refractivity (Wildman–Crippen MR) is 12.9 cm³/mol. The molecule has 0 aliphatic rings. The van der Waals surface area contributed by atoms with Crippen LogP contribution < -0.4 is 102 Å². The van der Waals surface area contributed by atoms with Gasteiger partial charge in [0.1, 0.15) is 0 Å². The molecule has 0 atom stereocenters. The Morgan fingerprint density at radius 2 is 1.10 bits per heavy atom. The normalized spacial score (nSPS) is 3.20. The molecule has 0 fully saturated rings. The Morgan fingerprint density at radius 1 is 1.10 bits per heavy atom. The van der Waals surface area contributed by atoms with Crippen LogP contribution in [0, 0.1) is 0 Å². The molecule has 0 heterocycles. The summed E-state index contributed by atoms with van der Waals surface area (Å²) in [7, 11) is -3.63. The standard InChI is InChI=1S/Al.3Na.O3Si.2O/c;;;;1-4(2)3;;/q;3*+1;-2;;-1. The van der Waals surface area contributed by atoms with Crippen LogP contribution in [0.4, 0.5) is 0 Å². The van der Waals surface area contributed by atoms with Crippen molar-refractivity contribution in [2.45, 2.75) is 0 Å². The van der Waals surface area contributed by atoms with Gasteiger partial charge < -0.3 is 14.1 Å². The first kappa shape index (κ1) is 29.3. The van der Waals surface area contributed by atoms with E-state index in [1.165, 1.54) is 0 Å². The zero-order valence-electron chi connectivity index (χ0n) is 6.12. The molecule has 0 aliphatic heterocycles. The van der Waals surface area contributed by atoms with Gasteiger partial charge in [0, 0.05) is 9.17 Å². The molecular weight excluding hydrogens is 204 g/mol. The van der Waals surface area contributed by atoms with Gasteiger partial charge in [0.2, 0.25) is 0 Å². The molecule has 0 spiro atoms. The Morgan fingerprint density at radius 3 is 1.10 bits per heavy atom. The van der Waals surface area contributed by atoms with Crippen molar-refractivity contribution in [1.29, 1.82) is 0 Å². The van der Waals surface area contributed by atoms with Gasteiger partial charge in [-0.2, -0.15) is 0 Å². The summed E-state index contributed by atoms with van der Waals surface area (Å²) in [6, 6.07) is 0. The summed E-state index contributed by atoms with van der Waals surface area (Å²) >= 11 is -1.75. The van der Waals surface area contributed by atoms with Crippen LogP contribution in [0.5, 0.6) is 0 Å². The van der Waals surface area contributed by atoms with Gasteiger partial charge in [0.15, 0.2) is 0 Å². The second-order valence-corrected chi connectivity index (χ2v) is 1.04. The van der Waals surface area contributed by atoms with Crippen molar-refractivity contribution in [2.24, 2.45) is 0 Å². The van der Waals surface area contributed by atoms with Crippen molar-refractivity contribution in [2.75, 3.05) is 0 Å². The van der Waals surface area contributed by atoms with Gasteiger partial charge >= 0.3 is 112 Å². The van der Waals surface area contributed by atoms with Gasteiger partial charge in [0.05, 0.1) is 0 Å². The minimum absolute atomic E-state index is 0. The van der Waals surface area contributed by atoms with Crippen molar-refractivity contribution in [3.63, 3.8) is 0 Å². The van der Waals surface area contributed by atoms with Crippen LogP contribution in [0.1, 0.15) is 0 Å². The monoisotopic (exact) mass is 204 g/mol. The zero-order valence-corrected chi connectivity index (χ0v) is 14.3. The third kappa shape index (κ3) is 135. The third-order valence-corrected chi connectivity index (χ3v) is 0. The van der Waals surface area contributed by atoms with Gasteiger partial charge in [-0.1, -0.05) is 0 Å². The molecule has 0 saturated carbocycles. The van der Waals surface area contributed by atoms with Crippen LogP contribution in [-0.4, -0.2) is 24.7 Å². The number of hydrogen-bond donors (Lipinski definition) is 0. The fourth-order valence-electron chi connectivity index (χ4n) is 0. The Bertz CT molecular complexity index is 63.9. The molecular formula is AlNa3O5Si. The molecule has 0 amide bonds. The summed E-state index contributed by atoms with van der Waals surface area (Å²) in [4.78, 5) is 17.0. The predicted octanol–water partition coefficient (Wildman–Crippen LogP) is -13.6. The third-order valence-electron chi connectivity index (χ3n) is 0. The summed E-state index contributed by atoms with van der Waals surface area (Å²) < 4.78 is 25.4. The van der Waals surface area contributed by atoms with Crippen molar-refractivity contribution in [3.8, 4) is 0 Å². The number of hydrogen-bond acceptors (Lipinski definition) is 5. The van der Waals surface area contributed by atoms with E-state index in [9.17, 15) is 0 Å². The molecule has 40 valence electrons. The van der Waals surface area contributed by atoms with Gasteiger partial charge in [0.25, 0.3) is 0 Å². The van der Waals surface area contributed by atoms with Gasteiger partial charge in [-0.05, 0) is 0 Å². The van der Waals surface area contributed by atoms with E-state index < -0.39 is 24.7 Å². The maximum atomic E-state index is 8.52. The first-order valence-corrected chi connectivity index (χ1v) is 3.25. The van der Waals surface area contributed by atoms with E-state index in [1.807, 2.05) is 0 Å². The zero-order chi connectivity index (χ0) is 6.28. The van der Waals surface area contributed by atoms with Crippen molar-refractivity contribution < 1.29 is 111 Å². The van der Waals surface area contributed by atoms with Crippen LogP contribution in [0.2, 0.25) is 0 Å². The van der Waals surface area contributed by atoms with Gasteiger partial charge in [-0.3, -0.25) is 0 Å². The second-order valence-electron chi connectivity index (χ2n) is 0.346. The van der Waals surface area contributed by atoms with E-state index in [2.05, 4.69) is 0 Å². The van der Waals surface area contributed by atoms with Crippen molar-refractivity contribution in [3.05, 3.63) is 0 Å². The van der Waals surface area contributed by atoms with E-state index in [1.54, 1.807) is 0 Å². The molecule has 0 radical (unpaired) electrons. The van der Waals surface area contributed by atoms with Crippen LogP contribution in [0.25, 0.3) is 0 Å². The Labute approximate surface area is 133 Å². The molecule has 0 aromatic rings. The van der Waals surface area contributed by atoms with E-state index in [0.29, 0.717) is 0 Å². The van der Waals surface area contributed by atoms with Crippen molar-refractivity contribution >= 4 is 24.7 Å². The molecule has 0 unspecified atom stereocenters. The molecule has 0 N–H and O–H groups in total. The van der Waals surface area contributed by atoms with Crippen LogP contribution in [0.15, 0.2) is 0 Å². The van der Waals surface area contributed by atoms with Gasteiger partial charge in [-0.25, -0.2) is 0 Å². The maximum absolute atomic E-state index is 8.52. The van der Waals surface area contributed by atoms with E-state index >= 15 is 0 Å². The summed E-state index contributed by atoms with van der Waals surface area (Å²) in [5.74, 6) is 0. The molecule has 0 bridgehead atoms. The van der Waals surface area contributed by atoms with Crippen LogP contribution >= 0.6 is 0 Å². The van der Waals surface area contributed by atoms with E-state index in [0.717, 1.165) is 0 Å². The summed E-state index contributed by atoms with van der Waals surface area (Å²) in [5.41, 5.74) is 0. The van der Waals surface area contributed by atoms with Gasteiger partial charge in [-0.15, -0.1) is 0 Å². The van der Waals surface area contributed by atoms with Crippen LogP contribution in [-0.2, 0) is 8.27 Å². The van der Waals surface area contributed by atoms with Crippen molar-refractivity contribution in [1.82, 2.24) is 0 Å². The fraction of sp³-hybridized carbons (Fsp3) is 0. The SMILES string of the molecule is O=[Si]([O-])[O-].[Na+].[Na+].[Na+].[O]=[Al][O-]. The second kappa shape index (κ2) is 29.8. The topological polar surface area (TPSA) is 103 Å². The average Bonchev–Trinajstić information content (AvgIpc) is 1.33. The average molecular weight is 204 g/mol. The Balaban J connectivity index is -0.0000000131. The molecule has 0 aromatic carbocycles. The first-order chi connectivity index (χ1) is 3.15.